The third kappa shape index (κ3) is 3.82. The van der Waals surface area contributed by atoms with Crippen LogP contribution in [-0.2, 0) is 18.8 Å². The lowest BCUT2D eigenvalue weighted by atomic mass is 10.3. The van der Waals surface area contributed by atoms with E-state index in [1.807, 2.05) is 6.92 Å². The molecule has 0 aliphatic heterocycles. The standard InChI is InChI=1S/C14H15FN6O2S/c1-2-12-18-19-13(23-12)8-24-14-20-17-11(21(14)16)7-22-10-5-3-9(15)4-6-10/h3-6H,2,7-8,16H2,1H3. The molecule has 8 nitrogen and oxygen atoms in total. The van der Waals surface area contributed by atoms with E-state index in [-0.39, 0.29) is 12.4 Å². The van der Waals surface area contributed by atoms with Crippen LogP contribution in [-0.4, -0.2) is 25.1 Å². The first-order valence-corrected chi connectivity index (χ1v) is 8.16. The van der Waals surface area contributed by atoms with E-state index in [9.17, 15) is 4.39 Å². The average Bonchev–Trinajstić information content (AvgIpc) is 3.19. The van der Waals surface area contributed by atoms with E-state index in [1.165, 1.54) is 40.7 Å². The van der Waals surface area contributed by atoms with Crippen LogP contribution in [0.1, 0.15) is 24.5 Å². The largest absolute Gasteiger partial charge is 0.486 e. The molecule has 0 unspecified atom stereocenters. The maximum absolute atomic E-state index is 12.8. The smallest absolute Gasteiger partial charge is 0.226 e. The van der Waals surface area contributed by atoms with E-state index in [0.717, 1.165) is 0 Å². The third-order valence-electron chi connectivity index (χ3n) is 3.05. The Morgan fingerprint density at radius 1 is 1.17 bits per heavy atom. The van der Waals surface area contributed by atoms with E-state index in [2.05, 4.69) is 20.4 Å². The zero-order valence-electron chi connectivity index (χ0n) is 12.8. The number of aryl methyl sites for hydroxylation is 1. The monoisotopic (exact) mass is 350 g/mol. The van der Waals surface area contributed by atoms with Crippen molar-refractivity contribution in [3.8, 4) is 5.75 Å². The molecule has 2 aromatic heterocycles. The van der Waals surface area contributed by atoms with Gasteiger partial charge >= 0.3 is 0 Å². The molecule has 0 fully saturated rings. The van der Waals surface area contributed by atoms with E-state index < -0.39 is 0 Å². The molecular weight excluding hydrogens is 335 g/mol. The van der Waals surface area contributed by atoms with Gasteiger partial charge < -0.3 is 15.0 Å². The Kier molecular flexibility index (Phi) is 4.94. The van der Waals surface area contributed by atoms with E-state index in [1.54, 1.807) is 0 Å². The summed E-state index contributed by atoms with van der Waals surface area (Å²) in [5, 5.41) is 16.3. The summed E-state index contributed by atoms with van der Waals surface area (Å²) in [6.07, 6.45) is 0.690. The van der Waals surface area contributed by atoms with Crippen LogP contribution in [0.5, 0.6) is 5.75 Å². The Morgan fingerprint density at radius 2 is 1.92 bits per heavy atom. The number of hydrogen-bond acceptors (Lipinski definition) is 8. The molecule has 0 bridgehead atoms. The average molecular weight is 350 g/mol. The Bertz CT molecular complexity index is 804. The van der Waals surface area contributed by atoms with E-state index in [0.29, 0.717) is 40.7 Å². The van der Waals surface area contributed by atoms with Crippen LogP contribution in [0.4, 0.5) is 4.39 Å². The van der Waals surface area contributed by atoms with Crippen LogP contribution >= 0.6 is 11.8 Å². The van der Waals surface area contributed by atoms with Gasteiger partial charge in [0.2, 0.25) is 16.9 Å². The van der Waals surface area contributed by atoms with Gasteiger partial charge in [0.25, 0.3) is 0 Å². The van der Waals surface area contributed by atoms with Gasteiger partial charge in [-0.1, -0.05) is 18.7 Å². The predicted octanol–water partition coefficient (Wildman–Crippen LogP) is 1.95. The number of rotatable bonds is 7. The van der Waals surface area contributed by atoms with Gasteiger partial charge in [0.05, 0.1) is 5.75 Å². The van der Waals surface area contributed by atoms with Crippen molar-refractivity contribution >= 4 is 11.8 Å². The number of thioether (sulfide) groups is 1. The van der Waals surface area contributed by atoms with Crippen molar-refractivity contribution in [1.82, 2.24) is 25.1 Å². The predicted molar refractivity (Wildman–Crippen MR) is 84.1 cm³/mol. The molecule has 0 radical (unpaired) electrons. The van der Waals surface area contributed by atoms with Crippen LogP contribution < -0.4 is 10.6 Å². The highest BCUT2D eigenvalue weighted by atomic mass is 32.2. The van der Waals surface area contributed by atoms with Crippen LogP contribution in [0.15, 0.2) is 33.8 Å². The fraction of sp³-hybridized carbons (Fsp3) is 0.286. The zero-order valence-corrected chi connectivity index (χ0v) is 13.7. The second-order valence-corrected chi connectivity index (χ2v) is 5.69. The van der Waals surface area contributed by atoms with Crippen LogP contribution in [0, 0.1) is 5.82 Å². The first kappa shape index (κ1) is 16.2. The minimum absolute atomic E-state index is 0.121. The Balaban J connectivity index is 1.57. The summed E-state index contributed by atoms with van der Waals surface area (Å²) in [6, 6.07) is 5.70. The van der Waals surface area contributed by atoms with Crippen molar-refractivity contribution < 1.29 is 13.5 Å². The van der Waals surface area contributed by atoms with Gasteiger partial charge in [-0.2, -0.15) is 0 Å². The zero-order chi connectivity index (χ0) is 16.9. The van der Waals surface area contributed by atoms with Gasteiger partial charge in [0.1, 0.15) is 18.2 Å². The molecule has 0 saturated heterocycles. The highest BCUT2D eigenvalue weighted by molar-refractivity contribution is 7.98. The van der Waals surface area contributed by atoms with Gasteiger partial charge in [0, 0.05) is 6.42 Å². The van der Waals surface area contributed by atoms with Crippen molar-refractivity contribution in [3.05, 3.63) is 47.7 Å². The molecule has 126 valence electrons. The van der Waals surface area contributed by atoms with Gasteiger partial charge in [-0.3, -0.25) is 0 Å². The lowest BCUT2D eigenvalue weighted by molar-refractivity contribution is 0.291. The topological polar surface area (TPSA) is 105 Å². The molecule has 24 heavy (non-hydrogen) atoms. The summed E-state index contributed by atoms with van der Waals surface area (Å²) in [7, 11) is 0. The van der Waals surface area contributed by atoms with E-state index >= 15 is 0 Å². The molecule has 0 amide bonds. The molecule has 0 atom stereocenters. The van der Waals surface area contributed by atoms with Crippen molar-refractivity contribution in [2.24, 2.45) is 0 Å². The van der Waals surface area contributed by atoms with Crippen molar-refractivity contribution in [2.75, 3.05) is 5.84 Å². The lowest BCUT2D eigenvalue weighted by Crippen LogP contribution is -2.15. The highest BCUT2D eigenvalue weighted by Gasteiger charge is 2.13. The van der Waals surface area contributed by atoms with Gasteiger partial charge in [-0.05, 0) is 24.3 Å². The van der Waals surface area contributed by atoms with Crippen molar-refractivity contribution in [2.45, 2.75) is 30.9 Å². The molecule has 2 N–H and O–H groups in total. The number of nitrogens with zero attached hydrogens (tertiary/aromatic N) is 5. The molecule has 0 spiro atoms. The molecule has 1 aromatic carbocycles. The number of halogens is 1. The molecule has 10 heteroatoms. The first-order chi connectivity index (χ1) is 11.7. The second-order valence-electron chi connectivity index (χ2n) is 4.74. The number of ether oxygens (including phenoxy) is 1. The molecule has 0 aliphatic rings. The summed E-state index contributed by atoms with van der Waals surface area (Å²) in [5.74, 6) is 8.13. The molecular formula is C14H15FN6O2S. The summed E-state index contributed by atoms with van der Waals surface area (Å²) in [4.78, 5) is 0. The first-order valence-electron chi connectivity index (χ1n) is 7.17. The number of nitrogens with two attached hydrogens (primary N) is 1. The Labute approximate surface area is 141 Å². The summed E-state index contributed by atoms with van der Waals surface area (Å²) in [6.45, 7) is 2.06. The highest BCUT2D eigenvalue weighted by Crippen LogP contribution is 2.20. The molecule has 0 aliphatic carbocycles. The fourth-order valence-corrected chi connectivity index (χ4v) is 2.51. The number of hydrogen-bond donors (Lipinski definition) is 1. The van der Waals surface area contributed by atoms with Crippen molar-refractivity contribution in [1.29, 1.82) is 0 Å². The third-order valence-corrected chi connectivity index (χ3v) is 3.98. The van der Waals surface area contributed by atoms with Gasteiger partial charge in [0.15, 0.2) is 5.82 Å². The molecule has 3 aromatic rings. The summed E-state index contributed by atoms with van der Waals surface area (Å²) in [5.41, 5.74) is 0. The van der Waals surface area contributed by atoms with Gasteiger partial charge in [-0.25, -0.2) is 9.07 Å². The molecule has 2 heterocycles. The lowest BCUT2D eigenvalue weighted by Gasteiger charge is -2.06. The quantitative estimate of drug-likeness (QED) is 0.509. The van der Waals surface area contributed by atoms with E-state index in [4.69, 9.17) is 15.0 Å². The summed E-state index contributed by atoms with van der Waals surface area (Å²) >= 11 is 1.33. The molecule has 3 rings (SSSR count). The van der Waals surface area contributed by atoms with Crippen molar-refractivity contribution in [3.63, 3.8) is 0 Å². The van der Waals surface area contributed by atoms with Crippen LogP contribution in [0.3, 0.4) is 0 Å². The van der Waals surface area contributed by atoms with Crippen LogP contribution in [0.25, 0.3) is 0 Å². The minimum atomic E-state index is -0.324. The van der Waals surface area contributed by atoms with Gasteiger partial charge in [-0.15, -0.1) is 20.4 Å². The SMILES string of the molecule is CCc1nnc(CSc2nnc(COc3ccc(F)cc3)n2N)o1. The second kappa shape index (κ2) is 7.30. The maximum atomic E-state index is 12.8. The van der Waals surface area contributed by atoms with Crippen LogP contribution in [0.2, 0.25) is 0 Å². The number of benzene rings is 1. The summed E-state index contributed by atoms with van der Waals surface area (Å²) < 4.78 is 25.1. The number of aromatic nitrogens is 5. The Hall–Kier alpha value is -2.62. The maximum Gasteiger partial charge on any atom is 0.226 e. The Morgan fingerprint density at radius 3 is 2.62 bits per heavy atom. The minimum Gasteiger partial charge on any atom is -0.486 e. The normalized spacial score (nSPS) is 10.9. The number of nitrogen functional groups attached to an aromatic ring is 1. The fourth-order valence-electron chi connectivity index (χ4n) is 1.80. The molecule has 0 saturated carbocycles.